The van der Waals surface area contributed by atoms with Gasteiger partial charge in [0.2, 0.25) is 0 Å². The molecule has 24 valence electrons. The fourth-order valence-corrected chi connectivity index (χ4v) is 0. The Bertz CT molecular complexity index is 27.5. The van der Waals surface area contributed by atoms with Crippen molar-refractivity contribution >= 4 is 23.1 Å². The van der Waals surface area contributed by atoms with Crippen LogP contribution in [0.25, 0.3) is 0 Å². The van der Waals surface area contributed by atoms with Gasteiger partial charge in [-0.25, -0.2) is 0 Å². The molecule has 0 aliphatic rings. The number of rotatable bonds is 1. The molecule has 0 aromatic rings. The molecule has 0 saturated carbocycles. The summed E-state index contributed by atoms with van der Waals surface area (Å²) >= 11 is 0.522. The molecule has 4 heteroatoms. The van der Waals surface area contributed by atoms with Crippen LogP contribution in [0.3, 0.4) is 0 Å². The van der Waals surface area contributed by atoms with E-state index in [1.165, 1.54) is 0 Å². The summed E-state index contributed by atoms with van der Waals surface area (Å²) < 4.78 is 4.00. The van der Waals surface area contributed by atoms with Gasteiger partial charge in [-0.05, 0) is 0 Å². The molecule has 0 amide bonds. The summed E-state index contributed by atoms with van der Waals surface area (Å²) in [6.07, 6.45) is 0. The van der Waals surface area contributed by atoms with Gasteiger partial charge in [0, 0.05) is 0 Å². The summed E-state index contributed by atoms with van der Waals surface area (Å²) in [5, 5.41) is 0. The maximum atomic E-state index is 8.99. The maximum absolute atomic E-state index is 8.99. The van der Waals surface area contributed by atoms with Gasteiger partial charge in [-0.3, -0.25) is 4.79 Å². The Morgan fingerprint density at radius 1 is 2.00 bits per heavy atom. The molecule has 0 radical (unpaired) electrons. The van der Waals surface area contributed by atoms with Crippen molar-refractivity contribution in [1.29, 1.82) is 0 Å². The molecule has 0 bridgehead atoms. The second kappa shape index (κ2) is 8.82. The SMILES string of the molecule is O=C[O][AlH2].[H-].[Li+]. The summed E-state index contributed by atoms with van der Waals surface area (Å²) in [6.45, 7) is 0.437. The average molecular weight is 82.0 g/mol. The van der Waals surface area contributed by atoms with E-state index in [0.29, 0.717) is 23.1 Å². The second-order valence-corrected chi connectivity index (χ2v) is 0.803. The van der Waals surface area contributed by atoms with Crippen molar-refractivity contribution < 1.29 is 28.9 Å². The molecular formula is CH4AlLiO2. The standard InChI is InChI=1S/CH2O2.Al.Li.3H/c2-1-3;;;;;/h1H,(H,2,3);;;;;/q;2*+1;;;-1/p-1. The zero-order valence-corrected chi connectivity index (χ0v) is 5.39. The normalized spacial score (nSPS) is 4.00. The molecule has 0 heterocycles. The quantitative estimate of drug-likeness (QED) is 0.237. The van der Waals surface area contributed by atoms with E-state index in [4.69, 9.17) is 4.79 Å². The fraction of sp³-hybridized carbons (Fsp3) is 0. The van der Waals surface area contributed by atoms with Crippen molar-refractivity contribution in [2.24, 2.45) is 0 Å². The van der Waals surface area contributed by atoms with Gasteiger partial charge < -0.3 is 5.22 Å². The Kier molecular flexibility index (Phi) is 16.1. The van der Waals surface area contributed by atoms with E-state index in [1.807, 2.05) is 0 Å². The van der Waals surface area contributed by atoms with Gasteiger partial charge in [-0.1, -0.05) is 0 Å². The molecular weight excluding hydrogens is 77.9 g/mol. The number of carbonyl (C=O) groups excluding carboxylic acids is 1. The van der Waals surface area contributed by atoms with Crippen molar-refractivity contribution in [2.75, 3.05) is 0 Å². The van der Waals surface area contributed by atoms with Crippen LogP contribution in [0.15, 0.2) is 0 Å². The van der Waals surface area contributed by atoms with Crippen molar-refractivity contribution in [3.8, 4) is 0 Å². The number of hydrogen-bond acceptors (Lipinski definition) is 2. The van der Waals surface area contributed by atoms with Crippen LogP contribution in [0, 0.1) is 0 Å². The zero-order chi connectivity index (χ0) is 3.41. The molecule has 0 N–H and O–H groups in total. The fourth-order valence-electron chi connectivity index (χ4n) is 0. The van der Waals surface area contributed by atoms with Gasteiger partial charge in [-0.2, -0.15) is 0 Å². The molecule has 0 aromatic carbocycles. The third kappa shape index (κ3) is 12.1. The van der Waals surface area contributed by atoms with E-state index in [0.717, 1.165) is 0 Å². The summed E-state index contributed by atoms with van der Waals surface area (Å²) in [6, 6.07) is 0. The number of hydrogen-bond donors (Lipinski definition) is 0. The van der Waals surface area contributed by atoms with Gasteiger partial charge in [-0.15, -0.1) is 0 Å². The minimum absolute atomic E-state index is 0. The predicted octanol–water partition coefficient (Wildman–Crippen LogP) is -4.18. The van der Waals surface area contributed by atoms with E-state index >= 15 is 0 Å². The van der Waals surface area contributed by atoms with Gasteiger partial charge in [0.15, 0.2) is 0 Å². The monoisotopic (exact) mass is 82.0 g/mol. The van der Waals surface area contributed by atoms with E-state index < -0.39 is 0 Å². The maximum Gasteiger partial charge on any atom is 1.00 e. The van der Waals surface area contributed by atoms with Crippen LogP contribution in [-0.2, 0) is 8.58 Å². The summed E-state index contributed by atoms with van der Waals surface area (Å²) in [7, 11) is 0. The molecule has 0 fully saturated rings. The molecule has 2 nitrogen and oxygen atoms in total. The molecule has 0 aromatic heterocycles. The molecule has 0 saturated heterocycles. The topological polar surface area (TPSA) is 26.3 Å². The van der Waals surface area contributed by atoms with Crippen molar-refractivity contribution in [1.82, 2.24) is 0 Å². The third-order valence-electron chi connectivity index (χ3n) is 0.0962. The summed E-state index contributed by atoms with van der Waals surface area (Å²) in [5.41, 5.74) is 0. The van der Waals surface area contributed by atoms with Crippen LogP contribution in [0.4, 0.5) is 0 Å². The minimum atomic E-state index is 0. The summed E-state index contributed by atoms with van der Waals surface area (Å²) in [4.78, 5) is 8.99. The molecule has 0 rings (SSSR count). The van der Waals surface area contributed by atoms with Crippen LogP contribution < -0.4 is 18.9 Å². The van der Waals surface area contributed by atoms with E-state index in [2.05, 4.69) is 3.79 Å². The van der Waals surface area contributed by atoms with E-state index in [-0.39, 0.29) is 20.3 Å². The van der Waals surface area contributed by atoms with Crippen LogP contribution in [0.1, 0.15) is 1.43 Å². The predicted molar refractivity (Wildman–Crippen MR) is 16.8 cm³/mol. The van der Waals surface area contributed by atoms with Crippen LogP contribution >= 0.6 is 0 Å². The zero-order valence-electron chi connectivity index (χ0n) is 4.39. The molecule has 0 aliphatic heterocycles. The largest absolute Gasteiger partial charge is 1.00 e. The van der Waals surface area contributed by atoms with Gasteiger partial charge in [0.1, 0.15) is 0 Å². The number of carbonyl (C=O) groups is 1. The first-order valence-electron chi connectivity index (χ1n) is 0.880. The smallest absolute Gasteiger partial charge is 1.00 e. The van der Waals surface area contributed by atoms with Crippen LogP contribution in [0.2, 0.25) is 0 Å². The Morgan fingerprint density at radius 3 is 2.20 bits per heavy atom. The average Bonchev–Trinajstić information content (AvgIpc) is 1.37. The van der Waals surface area contributed by atoms with Gasteiger partial charge >= 0.3 is 35.5 Å². The van der Waals surface area contributed by atoms with Gasteiger partial charge in [0.05, 0.1) is 0 Å². The van der Waals surface area contributed by atoms with Crippen molar-refractivity contribution in [2.45, 2.75) is 0 Å². The van der Waals surface area contributed by atoms with Crippen molar-refractivity contribution in [3.05, 3.63) is 0 Å². The van der Waals surface area contributed by atoms with Gasteiger partial charge in [0.25, 0.3) is 6.47 Å². The first-order valence-corrected chi connectivity index (χ1v) is 1.70. The Morgan fingerprint density at radius 2 is 2.20 bits per heavy atom. The van der Waals surface area contributed by atoms with Crippen LogP contribution in [-0.4, -0.2) is 23.1 Å². The third-order valence-corrected chi connectivity index (χ3v) is 0.289. The first-order chi connectivity index (χ1) is 1.91. The Hall–Kier alpha value is 0.600. The molecule has 0 unspecified atom stereocenters. The van der Waals surface area contributed by atoms with E-state index in [9.17, 15) is 0 Å². The Balaban J connectivity index is -0.0000000450. The Labute approximate surface area is 52.3 Å². The first kappa shape index (κ1) is 9.14. The second-order valence-electron chi connectivity index (χ2n) is 0.332. The van der Waals surface area contributed by atoms with E-state index in [1.54, 1.807) is 0 Å². The summed E-state index contributed by atoms with van der Waals surface area (Å²) in [5.74, 6) is 0. The molecule has 0 spiro atoms. The van der Waals surface area contributed by atoms with Crippen LogP contribution in [0.5, 0.6) is 0 Å². The molecule has 0 atom stereocenters. The minimum Gasteiger partial charge on any atom is -1.00 e. The molecule has 5 heavy (non-hydrogen) atoms. The molecule has 0 aliphatic carbocycles. The van der Waals surface area contributed by atoms with Crippen molar-refractivity contribution in [3.63, 3.8) is 0 Å².